The minimum Gasteiger partial charge on any atom is -0.497 e. The van der Waals surface area contributed by atoms with Crippen LogP contribution in [0.4, 0.5) is 0 Å². The van der Waals surface area contributed by atoms with Gasteiger partial charge in [0.25, 0.3) is 5.56 Å². The van der Waals surface area contributed by atoms with Crippen LogP contribution in [-0.2, 0) is 29.0 Å². The number of aromatic amines is 1. The molecule has 5 aromatic rings. The number of methoxy groups -OCH3 is 2. The number of imidazole rings is 1. The van der Waals surface area contributed by atoms with Crippen LogP contribution in [0.1, 0.15) is 50.6 Å². The maximum absolute atomic E-state index is 12.7. The number of aromatic nitrogens is 5. The second kappa shape index (κ2) is 16.0. The van der Waals surface area contributed by atoms with E-state index in [4.69, 9.17) is 45.1 Å². The van der Waals surface area contributed by atoms with Gasteiger partial charge in [-0.05, 0) is 66.0 Å². The van der Waals surface area contributed by atoms with Gasteiger partial charge < -0.3 is 32.8 Å². The Morgan fingerprint density at radius 3 is 2.06 bits per heavy atom. The maximum atomic E-state index is 12.7. The van der Waals surface area contributed by atoms with E-state index in [1.807, 2.05) is 85.8 Å². The molecule has 3 aromatic carbocycles. The molecule has 1 saturated heterocycles. The summed E-state index contributed by atoms with van der Waals surface area (Å²) in [5, 5.41) is 10.1. The smallest absolute Gasteiger partial charge is 0.352 e. The van der Waals surface area contributed by atoms with Gasteiger partial charge in [-0.25, -0.2) is 10.1 Å². The van der Waals surface area contributed by atoms with Gasteiger partial charge in [0.05, 0.1) is 33.8 Å². The van der Waals surface area contributed by atoms with Gasteiger partial charge in [-0.3, -0.25) is 9.36 Å². The fourth-order valence-electron chi connectivity index (χ4n) is 6.37. The van der Waals surface area contributed by atoms with Crippen molar-refractivity contribution >= 4 is 36.9 Å². The highest BCUT2D eigenvalue weighted by Crippen LogP contribution is 2.46. The standard InChI is InChI=1S/C39H47N5O8SSi/c1-9-48-37(53)51-33-32(52-54(7,8)38(2,3)4)30(50-36(33)44-24-40-31-34(44)41-43-42-35(31)45)23-49-39(25-13-11-10-12-14-25,26-15-19-28(46-5)20-16-26)27-17-21-29(47-6)22-18-27/h10-22,24,30,32-33,36H,9,23H2,1-8H3,(H,41,42,45)/t30-,32-,33-,36-/m1/s1. The van der Waals surface area contributed by atoms with Crippen LogP contribution in [0, 0.1) is 0 Å². The molecule has 3 heterocycles. The topological polar surface area (TPSA) is 141 Å². The molecule has 0 aliphatic carbocycles. The molecule has 6 rings (SSSR count). The van der Waals surface area contributed by atoms with Crippen molar-refractivity contribution < 1.29 is 32.8 Å². The minimum atomic E-state index is -2.52. The van der Waals surface area contributed by atoms with Gasteiger partial charge in [-0.2, -0.15) is 0 Å². The van der Waals surface area contributed by atoms with Gasteiger partial charge in [0.15, 0.2) is 31.8 Å². The molecule has 54 heavy (non-hydrogen) atoms. The maximum Gasteiger partial charge on any atom is 0.352 e. The molecule has 2 aromatic heterocycles. The molecule has 0 radical (unpaired) electrons. The van der Waals surface area contributed by atoms with E-state index >= 15 is 0 Å². The van der Waals surface area contributed by atoms with Crippen LogP contribution in [0.15, 0.2) is 90.0 Å². The third-order valence-electron chi connectivity index (χ3n) is 10.2. The quantitative estimate of drug-likeness (QED) is 0.0790. The highest BCUT2D eigenvalue weighted by molar-refractivity contribution is 7.79. The number of thiocarbonyl (C=S) groups is 1. The van der Waals surface area contributed by atoms with Crippen LogP contribution >= 0.6 is 12.2 Å². The molecular formula is C39H47N5O8SSi. The largest absolute Gasteiger partial charge is 0.497 e. The summed E-state index contributed by atoms with van der Waals surface area (Å²) >= 11 is 5.55. The number of H-pyrrole nitrogens is 1. The lowest BCUT2D eigenvalue weighted by molar-refractivity contribution is -0.0931. The Bertz CT molecular complexity index is 2040. The van der Waals surface area contributed by atoms with Crippen molar-refractivity contribution in [2.45, 2.75) is 76.0 Å². The Hall–Kier alpha value is -4.67. The number of benzene rings is 3. The Balaban J connectivity index is 1.51. The highest BCUT2D eigenvalue weighted by Gasteiger charge is 2.54. The summed E-state index contributed by atoms with van der Waals surface area (Å²) in [5.41, 5.74) is 1.29. The first-order chi connectivity index (χ1) is 25.8. The number of ether oxygens (including phenoxy) is 6. The molecular weight excluding hydrogens is 727 g/mol. The first kappa shape index (κ1) is 39.0. The summed E-state index contributed by atoms with van der Waals surface area (Å²) in [6.07, 6.45) is -1.75. The number of nitrogens with zero attached hydrogens (tertiary/aromatic N) is 4. The third-order valence-corrected chi connectivity index (χ3v) is 14.9. The average Bonchev–Trinajstić information content (AvgIpc) is 3.74. The Labute approximate surface area is 321 Å². The van der Waals surface area contributed by atoms with Gasteiger partial charge >= 0.3 is 5.24 Å². The minimum absolute atomic E-state index is 0.0306. The van der Waals surface area contributed by atoms with E-state index in [1.165, 1.54) is 6.33 Å². The highest BCUT2D eigenvalue weighted by atomic mass is 32.1. The molecule has 1 aliphatic heterocycles. The summed E-state index contributed by atoms with van der Waals surface area (Å²) < 4.78 is 46.2. The number of nitrogens with one attached hydrogen (secondary N) is 1. The van der Waals surface area contributed by atoms with Crippen LogP contribution < -0.4 is 15.0 Å². The van der Waals surface area contributed by atoms with E-state index in [0.717, 1.165) is 16.7 Å². The molecule has 286 valence electrons. The normalized spacial score (nSPS) is 19.1. The molecule has 0 bridgehead atoms. The first-order valence-corrected chi connectivity index (χ1v) is 21.1. The lowest BCUT2D eigenvalue weighted by Gasteiger charge is -2.41. The predicted octanol–water partition coefficient (Wildman–Crippen LogP) is 6.53. The van der Waals surface area contributed by atoms with Crippen molar-refractivity contribution in [2.75, 3.05) is 27.4 Å². The SMILES string of the molecule is CCOC(=S)O[C@@H]1[C@H](O[Si](C)(C)C(C)(C)C)[C@@H](COC(c2ccccc2)(c2ccc(OC)cc2)c2ccc(OC)cc2)O[C@H]1n1cnc2c(=O)[nH]nnc21. The summed E-state index contributed by atoms with van der Waals surface area (Å²) in [7, 11) is 0.748. The molecule has 1 N–H and O–H groups in total. The summed E-state index contributed by atoms with van der Waals surface area (Å²) in [5.74, 6) is 1.42. The number of hydrogen-bond donors (Lipinski definition) is 1. The van der Waals surface area contributed by atoms with Crippen molar-refractivity contribution in [3.05, 3.63) is 112 Å². The lowest BCUT2D eigenvalue weighted by Crippen LogP contribution is -2.51. The summed E-state index contributed by atoms with van der Waals surface area (Å²) in [6.45, 7) is 13.0. The van der Waals surface area contributed by atoms with Gasteiger partial charge in [0.1, 0.15) is 29.3 Å². The zero-order valence-electron chi connectivity index (χ0n) is 31.8. The van der Waals surface area contributed by atoms with E-state index in [-0.39, 0.29) is 28.0 Å². The van der Waals surface area contributed by atoms with Crippen LogP contribution in [0.3, 0.4) is 0 Å². The van der Waals surface area contributed by atoms with Gasteiger partial charge in [-0.1, -0.05) is 80.6 Å². The Morgan fingerprint density at radius 2 is 1.50 bits per heavy atom. The first-order valence-electron chi connectivity index (χ1n) is 17.8. The molecule has 0 saturated carbocycles. The fourth-order valence-corrected chi connectivity index (χ4v) is 7.91. The monoisotopic (exact) mass is 773 g/mol. The van der Waals surface area contributed by atoms with Crippen molar-refractivity contribution in [1.29, 1.82) is 0 Å². The lowest BCUT2D eigenvalue weighted by atomic mass is 9.80. The Kier molecular flexibility index (Phi) is 11.5. The van der Waals surface area contributed by atoms with E-state index < -0.39 is 44.0 Å². The zero-order chi connectivity index (χ0) is 38.7. The second-order valence-electron chi connectivity index (χ2n) is 14.5. The fraction of sp³-hybridized carbons (Fsp3) is 0.410. The number of rotatable bonds is 13. The van der Waals surface area contributed by atoms with Gasteiger partial charge in [0, 0.05) is 12.2 Å². The van der Waals surface area contributed by atoms with Crippen molar-refractivity contribution in [3.8, 4) is 11.5 Å². The van der Waals surface area contributed by atoms with Crippen LogP contribution in [0.2, 0.25) is 18.1 Å². The van der Waals surface area contributed by atoms with Crippen molar-refractivity contribution in [2.24, 2.45) is 0 Å². The van der Waals surface area contributed by atoms with E-state index in [2.05, 4.69) is 54.3 Å². The van der Waals surface area contributed by atoms with Crippen molar-refractivity contribution in [3.63, 3.8) is 0 Å². The predicted molar refractivity (Wildman–Crippen MR) is 209 cm³/mol. The molecule has 0 unspecified atom stereocenters. The summed E-state index contributed by atoms with van der Waals surface area (Å²) in [4.78, 5) is 17.0. The second-order valence-corrected chi connectivity index (χ2v) is 19.5. The molecule has 1 aliphatic rings. The Morgan fingerprint density at radius 1 is 0.907 bits per heavy atom. The third kappa shape index (κ3) is 7.64. The van der Waals surface area contributed by atoms with E-state index in [1.54, 1.807) is 18.8 Å². The molecule has 0 amide bonds. The van der Waals surface area contributed by atoms with Crippen LogP contribution in [0.25, 0.3) is 11.2 Å². The molecule has 0 spiro atoms. The van der Waals surface area contributed by atoms with Crippen LogP contribution in [-0.4, -0.2) is 84.3 Å². The summed E-state index contributed by atoms with van der Waals surface area (Å²) in [6, 6.07) is 25.7. The molecule has 13 nitrogen and oxygen atoms in total. The number of hydrogen-bond acceptors (Lipinski definition) is 12. The molecule has 15 heteroatoms. The number of fused-ring (bicyclic) bond motifs is 1. The molecule has 1 fully saturated rings. The van der Waals surface area contributed by atoms with E-state index in [9.17, 15) is 4.79 Å². The van der Waals surface area contributed by atoms with Gasteiger partial charge in [0.2, 0.25) is 0 Å². The van der Waals surface area contributed by atoms with Crippen LogP contribution in [0.5, 0.6) is 11.5 Å². The zero-order valence-corrected chi connectivity index (χ0v) is 33.6. The average molecular weight is 774 g/mol. The van der Waals surface area contributed by atoms with Gasteiger partial charge in [-0.15, -0.1) is 5.10 Å². The van der Waals surface area contributed by atoms with E-state index in [0.29, 0.717) is 18.1 Å². The molecule has 4 atom stereocenters. The van der Waals surface area contributed by atoms with Crippen molar-refractivity contribution in [1.82, 2.24) is 25.0 Å².